The van der Waals surface area contributed by atoms with Crippen LogP contribution in [0.3, 0.4) is 0 Å². The van der Waals surface area contributed by atoms with Crippen molar-refractivity contribution >= 4 is 11.0 Å². The molecule has 1 aromatic heterocycles. The maximum absolute atomic E-state index is 13.6. The van der Waals surface area contributed by atoms with Crippen molar-refractivity contribution in [3.63, 3.8) is 0 Å². The number of aromatic hydroxyl groups is 4. The first-order chi connectivity index (χ1) is 20.3. The van der Waals surface area contributed by atoms with Crippen molar-refractivity contribution < 1.29 is 74.4 Å². The molecule has 2 aliphatic heterocycles. The van der Waals surface area contributed by atoms with Gasteiger partial charge >= 0.3 is 0 Å². The number of phenols is 4. The van der Waals surface area contributed by atoms with Crippen LogP contribution in [0.4, 0.5) is 0 Å². The van der Waals surface area contributed by atoms with Crippen LogP contribution in [0, 0.1) is 0 Å². The summed E-state index contributed by atoms with van der Waals surface area (Å²) >= 11 is 0. The van der Waals surface area contributed by atoms with Crippen LogP contribution in [0.25, 0.3) is 22.3 Å². The summed E-state index contributed by atoms with van der Waals surface area (Å²) < 4.78 is 27.8. The first-order valence-electron chi connectivity index (χ1n) is 13.0. The lowest BCUT2D eigenvalue weighted by atomic mass is 9.98. The number of fused-ring (bicyclic) bond motifs is 1. The van der Waals surface area contributed by atoms with E-state index < -0.39 is 113 Å². The molecule has 1 unspecified atom stereocenters. The minimum Gasteiger partial charge on any atom is -0.508 e. The van der Waals surface area contributed by atoms with Gasteiger partial charge in [-0.05, 0) is 25.1 Å². The summed E-state index contributed by atoms with van der Waals surface area (Å²) in [6.07, 6.45) is -16.2. The van der Waals surface area contributed by atoms with Crippen LogP contribution < -0.4 is 10.2 Å². The van der Waals surface area contributed by atoms with Crippen LogP contribution in [0.1, 0.15) is 6.92 Å². The number of hydrogen-bond acceptors (Lipinski definition) is 16. The van der Waals surface area contributed by atoms with E-state index in [1.165, 1.54) is 13.0 Å². The van der Waals surface area contributed by atoms with Gasteiger partial charge in [-0.3, -0.25) is 4.79 Å². The molecule has 3 aromatic rings. The van der Waals surface area contributed by atoms with E-state index in [4.69, 9.17) is 23.4 Å². The number of hydrogen-bond donors (Lipinski definition) is 10. The summed E-state index contributed by atoms with van der Waals surface area (Å²) in [6, 6.07) is 5.24. The maximum atomic E-state index is 13.6. The molecule has 2 aromatic carbocycles. The normalized spacial score (nSPS) is 33.0. The number of aliphatic hydroxyl groups excluding tert-OH is 6. The van der Waals surface area contributed by atoms with Gasteiger partial charge in [0.1, 0.15) is 65.2 Å². The molecule has 43 heavy (non-hydrogen) atoms. The Kier molecular flexibility index (Phi) is 8.41. The van der Waals surface area contributed by atoms with E-state index in [-0.39, 0.29) is 11.1 Å². The fourth-order valence-corrected chi connectivity index (χ4v) is 4.84. The Bertz CT molecular complexity index is 1540. The van der Waals surface area contributed by atoms with Crippen LogP contribution in [-0.4, -0.2) is 119 Å². The fourth-order valence-electron chi connectivity index (χ4n) is 4.84. The second kappa shape index (κ2) is 11.8. The van der Waals surface area contributed by atoms with Crippen LogP contribution in [-0.2, 0) is 14.2 Å². The van der Waals surface area contributed by atoms with Crippen molar-refractivity contribution in [3.05, 3.63) is 40.6 Å². The molecule has 234 valence electrons. The molecule has 0 aliphatic carbocycles. The number of rotatable bonds is 6. The lowest BCUT2D eigenvalue weighted by molar-refractivity contribution is -0.318. The minimum atomic E-state index is -1.97. The second-order valence-corrected chi connectivity index (χ2v) is 10.3. The van der Waals surface area contributed by atoms with Crippen LogP contribution in [0.5, 0.6) is 28.7 Å². The average Bonchev–Trinajstić information content (AvgIpc) is 2.96. The van der Waals surface area contributed by atoms with Crippen molar-refractivity contribution in [2.24, 2.45) is 0 Å². The zero-order valence-electron chi connectivity index (χ0n) is 22.3. The summed E-state index contributed by atoms with van der Waals surface area (Å²) in [5, 5.41) is 101. The Morgan fingerprint density at radius 1 is 0.744 bits per heavy atom. The zero-order valence-corrected chi connectivity index (χ0v) is 22.3. The van der Waals surface area contributed by atoms with Crippen molar-refractivity contribution in [3.8, 4) is 40.1 Å². The van der Waals surface area contributed by atoms with E-state index in [1.54, 1.807) is 0 Å². The molecule has 0 bridgehead atoms. The highest BCUT2D eigenvalue weighted by atomic mass is 16.7. The van der Waals surface area contributed by atoms with Crippen molar-refractivity contribution in [1.82, 2.24) is 0 Å². The number of phenolic OH excluding ortho intramolecular Hbond substituents is 4. The third kappa shape index (κ3) is 5.67. The molecule has 16 nitrogen and oxygen atoms in total. The zero-order chi connectivity index (χ0) is 31.3. The van der Waals surface area contributed by atoms with Gasteiger partial charge in [0.25, 0.3) is 0 Å². The largest absolute Gasteiger partial charge is 0.508 e. The standard InChI is InChI=1S/C27H30O16/c1-8-17(32)20(35)22(37)26(40-8)39-7-15-18(33)21(36)23(38)27(42-15)43-25-19(34)16-13(31)5-10(28)6-14(16)41-24(25)9-2-3-11(29)12(30)4-9/h2-6,8,15,17-18,20-23,26-33,35-38H,7H2,1H3/t8?,15-,17+,18-,20-,21+,22-,23-,26-,27+/m1/s1. The van der Waals surface area contributed by atoms with Crippen molar-refractivity contribution in [1.29, 1.82) is 0 Å². The smallest absolute Gasteiger partial charge is 0.239 e. The Morgan fingerprint density at radius 3 is 2.12 bits per heavy atom. The van der Waals surface area contributed by atoms with E-state index in [9.17, 15) is 55.9 Å². The molecular weight excluding hydrogens is 580 g/mol. The quantitative estimate of drug-likeness (QED) is 0.140. The molecule has 10 atom stereocenters. The number of aliphatic hydroxyl groups is 6. The van der Waals surface area contributed by atoms with Gasteiger partial charge in [-0.15, -0.1) is 0 Å². The predicted molar refractivity (Wildman–Crippen MR) is 140 cm³/mol. The Labute approximate surface area is 241 Å². The summed E-state index contributed by atoms with van der Waals surface area (Å²) in [5.41, 5.74) is -1.35. The van der Waals surface area contributed by atoms with Crippen molar-refractivity contribution in [2.75, 3.05) is 6.61 Å². The molecule has 0 amide bonds. The maximum Gasteiger partial charge on any atom is 0.239 e. The molecule has 10 N–H and O–H groups in total. The van der Waals surface area contributed by atoms with Gasteiger partial charge < -0.3 is 74.4 Å². The van der Waals surface area contributed by atoms with Gasteiger partial charge in [-0.1, -0.05) is 0 Å². The van der Waals surface area contributed by atoms with Crippen molar-refractivity contribution in [2.45, 2.75) is 68.3 Å². The molecule has 2 saturated heterocycles. The summed E-state index contributed by atoms with van der Waals surface area (Å²) in [5.74, 6) is -3.33. The molecule has 2 aliphatic rings. The Hall–Kier alpha value is -3.71. The first kappa shape index (κ1) is 30.7. The highest BCUT2D eigenvalue weighted by molar-refractivity contribution is 5.88. The van der Waals surface area contributed by atoms with E-state index in [2.05, 4.69) is 0 Å². The predicted octanol–water partition coefficient (Wildman–Crippen LogP) is -1.69. The summed E-state index contributed by atoms with van der Waals surface area (Å²) in [4.78, 5) is 13.6. The monoisotopic (exact) mass is 610 g/mol. The topological polar surface area (TPSA) is 269 Å². The molecule has 0 spiro atoms. The highest BCUT2D eigenvalue weighted by Gasteiger charge is 2.47. The van der Waals surface area contributed by atoms with Gasteiger partial charge in [0.15, 0.2) is 23.5 Å². The molecule has 16 heteroatoms. The van der Waals surface area contributed by atoms with Crippen LogP contribution in [0.2, 0.25) is 0 Å². The van der Waals surface area contributed by atoms with Gasteiger partial charge in [0, 0.05) is 17.7 Å². The first-order valence-corrected chi connectivity index (χ1v) is 13.0. The lowest BCUT2D eigenvalue weighted by Crippen LogP contribution is -2.61. The van der Waals surface area contributed by atoms with E-state index >= 15 is 0 Å². The average molecular weight is 611 g/mol. The van der Waals surface area contributed by atoms with Gasteiger partial charge in [-0.2, -0.15) is 0 Å². The third-order valence-corrected chi connectivity index (χ3v) is 7.29. The molecular formula is C27H30O16. The number of benzene rings is 2. The van der Waals surface area contributed by atoms with E-state index in [0.717, 1.165) is 24.3 Å². The highest BCUT2D eigenvalue weighted by Crippen LogP contribution is 2.39. The fraction of sp³-hybridized carbons (Fsp3) is 0.444. The van der Waals surface area contributed by atoms with Gasteiger partial charge in [0.05, 0.1) is 12.7 Å². The SMILES string of the molecule is CC1O[C@@H](OC[C@H]2O[C@@H](Oc3c(-c4ccc(O)c(O)c4)oc4cc(O)cc(O)c4c3=O)[C@H](O)[C@@H](O)[C@@H]2O)[C@H](O)[C@H](O)[C@H]1O. The lowest BCUT2D eigenvalue weighted by Gasteiger charge is -2.42. The van der Waals surface area contributed by atoms with Gasteiger partial charge in [0.2, 0.25) is 17.5 Å². The van der Waals surface area contributed by atoms with Crippen LogP contribution in [0.15, 0.2) is 39.5 Å². The van der Waals surface area contributed by atoms with Crippen LogP contribution >= 0.6 is 0 Å². The minimum absolute atomic E-state index is 0.0313. The molecule has 3 heterocycles. The Balaban J connectivity index is 1.48. The van der Waals surface area contributed by atoms with E-state index in [0.29, 0.717) is 0 Å². The second-order valence-electron chi connectivity index (χ2n) is 10.3. The number of ether oxygens (including phenoxy) is 4. The Morgan fingerprint density at radius 2 is 1.42 bits per heavy atom. The molecule has 0 saturated carbocycles. The summed E-state index contributed by atoms with van der Waals surface area (Å²) in [6.45, 7) is 0.818. The summed E-state index contributed by atoms with van der Waals surface area (Å²) in [7, 11) is 0. The molecule has 5 rings (SSSR count). The molecule has 0 radical (unpaired) electrons. The van der Waals surface area contributed by atoms with Gasteiger partial charge in [-0.25, -0.2) is 0 Å². The third-order valence-electron chi connectivity index (χ3n) is 7.29. The molecule has 2 fully saturated rings. The van der Waals surface area contributed by atoms with E-state index in [1.807, 2.05) is 0 Å².